The van der Waals surface area contributed by atoms with Crippen molar-refractivity contribution in [3.8, 4) is 0 Å². The van der Waals surface area contributed by atoms with Gasteiger partial charge in [-0.15, -0.1) is 0 Å². The summed E-state index contributed by atoms with van der Waals surface area (Å²) in [5.74, 6) is -0.200. The maximum atomic E-state index is 12.6. The van der Waals surface area contributed by atoms with Crippen molar-refractivity contribution in [1.29, 1.82) is 0 Å². The summed E-state index contributed by atoms with van der Waals surface area (Å²) in [6, 6.07) is 18.5. The number of carbonyl (C=O) groups excluding carboxylic acids is 1. The van der Waals surface area contributed by atoms with Gasteiger partial charge in [0.2, 0.25) is 10.0 Å². The van der Waals surface area contributed by atoms with Gasteiger partial charge < -0.3 is 5.32 Å². The highest BCUT2D eigenvalue weighted by Gasteiger charge is 2.19. The van der Waals surface area contributed by atoms with Crippen molar-refractivity contribution >= 4 is 27.3 Å². The predicted octanol–water partition coefficient (Wildman–Crippen LogP) is 5.14. The number of rotatable bonds is 6. The number of hydrogen-bond acceptors (Lipinski definition) is 3. The van der Waals surface area contributed by atoms with Crippen LogP contribution in [0, 0.1) is 27.7 Å². The van der Waals surface area contributed by atoms with Crippen molar-refractivity contribution in [2.45, 2.75) is 34.2 Å². The van der Waals surface area contributed by atoms with Crippen molar-refractivity contribution < 1.29 is 13.2 Å². The summed E-state index contributed by atoms with van der Waals surface area (Å²) in [6.07, 6.45) is 1.21. The average molecular weight is 437 g/mol. The molecule has 0 unspecified atom stereocenters. The second-order valence-corrected chi connectivity index (χ2v) is 9.92. The van der Waals surface area contributed by atoms with Gasteiger partial charge in [-0.25, -0.2) is 8.42 Å². The molecule has 162 valence electrons. The van der Waals surface area contributed by atoms with E-state index in [1.807, 2.05) is 64.1 Å². The van der Waals surface area contributed by atoms with Crippen LogP contribution in [0.15, 0.2) is 60.7 Å². The van der Waals surface area contributed by atoms with Crippen LogP contribution < -0.4 is 9.62 Å². The molecule has 0 saturated heterocycles. The number of hydrogen-bond donors (Lipinski definition) is 1. The molecule has 0 aromatic heterocycles. The maximum Gasteiger partial charge on any atom is 0.255 e. The fourth-order valence-electron chi connectivity index (χ4n) is 3.50. The maximum absolute atomic E-state index is 12.6. The van der Waals surface area contributed by atoms with E-state index >= 15 is 0 Å². The van der Waals surface area contributed by atoms with Crippen LogP contribution in [-0.4, -0.2) is 20.6 Å². The summed E-state index contributed by atoms with van der Waals surface area (Å²) in [6.45, 7) is 8.06. The Hall–Kier alpha value is -3.12. The lowest BCUT2D eigenvalue weighted by molar-refractivity contribution is 0.102. The normalized spacial score (nSPS) is 11.3. The Morgan fingerprint density at radius 1 is 0.903 bits per heavy atom. The first-order valence-electron chi connectivity index (χ1n) is 10.1. The largest absolute Gasteiger partial charge is 0.322 e. The Labute approximate surface area is 184 Å². The summed E-state index contributed by atoms with van der Waals surface area (Å²) in [7, 11) is -3.47. The fraction of sp³-hybridized carbons (Fsp3) is 0.240. The first kappa shape index (κ1) is 22.6. The number of benzene rings is 3. The molecule has 3 rings (SSSR count). The zero-order valence-electron chi connectivity index (χ0n) is 18.6. The predicted molar refractivity (Wildman–Crippen MR) is 127 cm³/mol. The van der Waals surface area contributed by atoms with Crippen LogP contribution in [0.4, 0.5) is 11.4 Å². The molecule has 0 atom stereocenters. The van der Waals surface area contributed by atoms with Crippen molar-refractivity contribution in [3.63, 3.8) is 0 Å². The van der Waals surface area contributed by atoms with Crippen LogP contribution in [-0.2, 0) is 16.6 Å². The molecule has 5 nitrogen and oxygen atoms in total. The van der Waals surface area contributed by atoms with Gasteiger partial charge in [-0.05, 0) is 85.8 Å². The minimum absolute atomic E-state index is 0.195. The molecule has 6 heteroatoms. The number of sulfonamides is 1. The number of carbonyl (C=O) groups is 1. The minimum atomic E-state index is -3.47. The van der Waals surface area contributed by atoms with E-state index in [1.165, 1.54) is 10.6 Å². The van der Waals surface area contributed by atoms with Gasteiger partial charge in [-0.1, -0.05) is 30.3 Å². The first-order chi connectivity index (χ1) is 14.5. The Morgan fingerprint density at radius 2 is 1.52 bits per heavy atom. The topological polar surface area (TPSA) is 66.5 Å². The van der Waals surface area contributed by atoms with E-state index in [-0.39, 0.29) is 12.5 Å². The summed E-state index contributed by atoms with van der Waals surface area (Å²) in [5, 5.41) is 2.94. The molecule has 0 saturated carbocycles. The third-order valence-electron chi connectivity index (χ3n) is 5.29. The zero-order valence-corrected chi connectivity index (χ0v) is 19.4. The van der Waals surface area contributed by atoms with Crippen LogP contribution in [0.1, 0.15) is 38.2 Å². The van der Waals surface area contributed by atoms with Crippen molar-refractivity contribution in [2.75, 3.05) is 15.9 Å². The third-order valence-corrected chi connectivity index (χ3v) is 6.43. The van der Waals surface area contributed by atoms with E-state index in [0.717, 1.165) is 33.5 Å². The van der Waals surface area contributed by atoms with Crippen LogP contribution >= 0.6 is 0 Å². The zero-order chi connectivity index (χ0) is 22.8. The molecule has 31 heavy (non-hydrogen) atoms. The van der Waals surface area contributed by atoms with Gasteiger partial charge in [0, 0.05) is 11.3 Å². The molecular formula is C25H28N2O3S. The van der Waals surface area contributed by atoms with Crippen molar-refractivity contribution in [2.24, 2.45) is 0 Å². The Kier molecular flexibility index (Phi) is 6.51. The number of aryl methyl sites for hydroxylation is 3. The molecule has 0 aliphatic rings. The number of anilines is 2. The van der Waals surface area contributed by atoms with E-state index < -0.39 is 10.0 Å². The highest BCUT2D eigenvalue weighted by atomic mass is 32.2. The van der Waals surface area contributed by atoms with Crippen LogP contribution in [0.2, 0.25) is 0 Å². The van der Waals surface area contributed by atoms with Crippen LogP contribution in [0.25, 0.3) is 0 Å². The summed E-state index contributed by atoms with van der Waals surface area (Å²) in [4.78, 5) is 12.6. The Balaban J connectivity index is 1.81. The molecule has 0 spiro atoms. The second-order valence-electron chi connectivity index (χ2n) is 8.01. The highest BCUT2D eigenvalue weighted by molar-refractivity contribution is 7.92. The molecule has 0 aliphatic heterocycles. The van der Waals surface area contributed by atoms with E-state index in [2.05, 4.69) is 5.32 Å². The van der Waals surface area contributed by atoms with Gasteiger partial charge in [0.15, 0.2) is 0 Å². The van der Waals surface area contributed by atoms with E-state index in [0.29, 0.717) is 11.3 Å². The molecule has 0 aliphatic carbocycles. The first-order valence-corrected chi connectivity index (χ1v) is 11.9. The molecule has 3 aromatic rings. The lowest BCUT2D eigenvalue weighted by Gasteiger charge is -2.23. The standard InChI is InChI=1S/C25H28N2O3S/c1-17-13-18(2)15-23(14-17)27(31(5,29)30)16-21-9-11-22(12-10-21)25(28)26-24-8-6-7-19(3)20(24)4/h6-15H,16H2,1-5H3,(H,26,28). The second kappa shape index (κ2) is 8.94. The number of nitrogens with zero attached hydrogens (tertiary/aromatic N) is 1. The Morgan fingerprint density at radius 3 is 2.10 bits per heavy atom. The van der Waals surface area contributed by atoms with Gasteiger partial charge in [-0.3, -0.25) is 9.10 Å². The minimum Gasteiger partial charge on any atom is -0.322 e. The van der Waals surface area contributed by atoms with E-state index in [4.69, 9.17) is 0 Å². The number of nitrogens with one attached hydrogen (secondary N) is 1. The third kappa shape index (κ3) is 5.52. The molecule has 0 radical (unpaired) electrons. The SMILES string of the molecule is Cc1cc(C)cc(N(Cc2ccc(C(=O)Nc3cccc(C)c3C)cc2)S(C)(=O)=O)c1. The van der Waals surface area contributed by atoms with Gasteiger partial charge >= 0.3 is 0 Å². The molecule has 0 bridgehead atoms. The van der Waals surface area contributed by atoms with Gasteiger partial charge in [0.05, 0.1) is 18.5 Å². The molecule has 1 amide bonds. The molecule has 0 fully saturated rings. The van der Waals surface area contributed by atoms with Crippen molar-refractivity contribution in [1.82, 2.24) is 0 Å². The van der Waals surface area contributed by atoms with E-state index in [9.17, 15) is 13.2 Å². The van der Waals surface area contributed by atoms with Crippen LogP contribution in [0.3, 0.4) is 0 Å². The van der Waals surface area contributed by atoms with Gasteiger partial charge in [0.1, 0.15) is 0 Å². The monoisotopic (exact) mass is 436 g/mol. The van der Waals surface area contributed by atoms with E-state index in [1.54, 1.807) is 24.3 Å². The van der Waals surface area contributed by atoms with Gasteiger partial charge in [-0.2, -0.15) is 0 Å². The van der Waals surface area contributed by atoms with Gasteiger partial charge in [0.25, 0.3) is 5.91 Å². The number of amides is 1. The lowest BCUT2D eigenvalue weighted by Crippen LogP contribution is -2.29. The molecule has 1 N–H and O–H groups in total. The summed E-state index contributed by atoms with van der Waals surface area (Å²) >= 11 is 0. The summed E-state index contributed by atoms with van der Waals surface area (Å²) < 4.78 is 26.3. The molecule has 3 aromatic carbocycles. The molecular weight excluding hydrogens is 408 g/mol. The fourth-order valence-corrected chi connectivity index (χ4v) is 4.37. The average Bonchev–Trinajstić information content (AvgIpc) is 2.68. The quantitative estimate of drug-likeness (QED) is 0.582. The lowest BCUT2D eigenvalue weighted by atomic mass is 10.1. The van der Waals surface area contributed by atoms with Crippen molar-refractivity contribution in [3.05, 3.63) is 94.0 Å². The van der Waals surface area contributed by atoms with Crippen LogP contribution in [0.5, 0.6) is 0 Å². The highest BCUT2D eigenvalue weighted by Crippen LogP contribution is 2.24. The molecule has 0 heterocycles. The Bertz CT molecular complexity index is 1200. The summed E-state index contributed by atoms with van der Waals surface area (Å²) in [5.41, 5.74) is 6.88. The smallest absolute Gasteiger partial charge is 0.255 e.